The van der Waals surface area contributed by atoms with Gasteiger partial charge in [-0.15, -0.1) is 0 Å². The standard InChI is InChI=1S/C15H15N7O/c16-11-7-21(8-11)13-4-14(19-9-18-13)22-15(23)12(6-20-22)10-2-1-3-17-5-10/h1-6,9,11,20H,7-8,16H2. The van der Waals surface area contributed by atoms with Crippen LogP contribution in [-0.2, 0) is 0 Å². The van der Waals surface area contributed by atoms with Gasteiger partial charge < -0.3 is 10.6 Å². The second-order valence-electron chi connectivity index (χ2n) is 5.47. The number of nitrogens with two attached hydrogens (primary N) is 1. The average Bonchev–Trinajstić information content (AvgIpc) is 2.94. The molecule has 116 valence electrons. The Labute approximate surface area is 131 Å². The Kier molecular flexibility index (Phi) is 3.16. The van der Waals surface area contributed by atoms with E-state index in [2.05, 4.69) is 20.1 Å². The van der Waals surface area contributed by atoms with E-state index in [-0.39, 0.29) is 11.6 Å². The molecule has 1 aliphatic heterocycles. The minimum atomic E-state index is -0.178. The van der Waals surface area contributed by atoms with E-state index in [1.807, 2.05) is 11.0 Å². The van der Waals surface area contributed by atoms with Gasteiger partial charge in [0.1, 0.15) is 12.1 Å². The lowest BCUT2D eigenvalue weighted by atomic mass is 10.1. The summed E-state index contributed by atoms with van der Waals surface area (Å²) in [6.45, 7) is 1.52. The number of hydrogen-bond donors (Lipinski definition) is 2. The van der Waals surface area contributed by atoms with Gasteiger partial charge >= 0.3 is 0 Å². The second kappa shape index (κ2) is 5.33. The summed E-state index contributed by atoms with van der Waals surface area (Å²) < 4.78 is 1.40. The van der Waals surface area contributed by atoms with Crippen LogP contribution in [0.1, 0.15) is 0 Å². The van der Waals surface area contributed by atoms with E-state index in [0.29, 0.717) is 11.4 Å². The van der Waals surface area contributed by atoms with Gasteiger partial charge in [0.15, 0.2) is 5.82 Å². The molecule has 0 bridgehead atoms. The van der Waals surface area contributed by atoms with E-state index in [4.69, 9.17) is 5.73 Å². The maximum Gasteiger partial charge on any atom is 0.280 e. The van der Waals surface area contributed by atoms with Crippen LogP contribution in [0.3, 0.4) is 0 Å². The molecule has 23 heavy (non-hydrogen) atoms. The van der Waals surface area contributed by atoms with Crippen LogP contribution >= 0.6 is 0 Å². The third-order valence-corrected chi connectivity index (χ3v) is 3.85. The fraction of sp³-hybridized carbons (Fsp3) is 0.200. The molecule has 0 spiro atoms. The summed E-state index contributed by atoms with van der Waals surface area (Å²) in [6, 6.07) is 5.59. The lowest BCUT2D eigenvalue weighted by Crippen LogP contribution is -2.56. The summed E-state index contributed by atoms with van der Waals surface area (Å²) in [7, 11) is 0. The highest BCUT2D eigenvalue weighted by Gasteiger charge is 2.24. The van der Waals surface area contributed by atoms with E-state index in [1.165, 1.54) is 11.0 Å². The minimum absolute atomic E-state index is 0.178. The highest BCUT2D eigenvalue weighted by molar-refractivity contribution is 5.60. The van der Waals surface area contributed by atoms with Gasteiger partial charge in [-0.3, -0.25) is 14.9 Å². The topological polar surface area (TPSA) is 106 Å². The van der Waals surface area contributed by atoms with Crippen LogP contribution in [0.15, 0.2) is 47.9 Å². The van der Waals surface area contributed by atoms with Gasteiger partial charge in [0.25, 0.3) is 5.56 Å². The van der Waals surface area contributed by atoms with Crippen LogP contribution in [0.25, 0.3) is 16.9 Å². The second-order valence-corrected chi connectivity index (χ2v) is 5.47. The molecule has 3 aromatic rings. The number of anilines is 1. The SMILES string of the molecule is NC1CN(c2cc(-n3[nH]cc(-c4cccnc4)c3=O)ncn2)C1. The fourth-order valence-corrected chi connectivity index (χ4v) is 2.60. The normalized spacial score (nSPS) is 14.7. The van der Waals surface area contributed by atoms with Crippen molar-refractivity contribution in [3.63, 3.8) is 0 Å². The number of pyridine rings is 1. The van der Waals surface area contributed by atoms with Crippen molar-refractivity contribution in [3.8, 4) is 16.9 Å². The van der Waals surface area contributed by atoms with Crippen LogP contribution in [0, 0.1) is 0 Å². The first-order valence-electron chi connectivity index (χ1n) is 7.26. The Morgan fingerprint density at radius 2 is 2.09 bits per heavy atom. The van der Waals surface area contributed by atoms with E-state index in [1.54, 1.807) is 30.7 Å². The van der Waals surface area contributed by atoms with E-state index < -0.39 is 0 Å². The molecule has 0 atom stereocenters. The smallest absolute Gasteiger partial charge is 0.280 e. The van der Waals surface area contributed by atoms with Gasteiger partial charge in [0, 0.05) is 49.4 Å². The zero-order chi connectivity index (χ0) is 15.8. The molecular formula is C15H15N7O. The molecule has 0 aromatic carbocycles. The number of hydrogen-bond acceptors (Lipinski definition) is 6. The van der Waals surface area contributed by atoms with E-state index in [0.717, 1.165) is 24.5 Å². The number of H-pyrrole nitrogens is 1. The number of nitrogens with zero attached hydrogens (tertiary/aromatic N) is 5. The zero-order valence-corrected chi connectivity index (χ0v) is 12.3. The highest BCUT2D eigenvalue weighted by atomic mass is 16.1. The Balaban J connectivity index is 1.71. The van der Waals surface area contributed by atoms with Crippen molar-refractivity contribution in [1.82, 2.24) is 24.7 Å². The Hall–Kier alpha value is -3.00. The maximum absolute atomic E-state index is 12.6. The van der Waals surface area contributed by atoms with Crippen molar-refractivity contribution in [2.24, 2.45) is 5.73 Å². The molecule has 1 fully saturated rings. The molecule has 0 unspecified atom stereocenters. The highest BCUT2D eigenvalue weighted by Crippen LogP contribution is 2.19. The van der Waals surface area contributed by atoms with Gasteiger partial charge in [0.2, 0.25) is 0 Å². The van der Waals surface area contributed by atoms with Crippen LogP contribution in [0.4, 0.5) is 5.82 Å². The molecule has 0 radical (unpaired) electrons. The van der Waals surface area contributed by atoms with Crippen LogP contribution in [-0.4, -0.2) is 43.9 Å². The molecular weight excluding hydrogens is 294 g/mol. The Bertz CT molecular complexity index is 880. The van der Waals surface area contributed by atoms with Gasteiger partial charge in [0.05, 0.1) is 5.56 Å². The summed E-state index contributed by atoms with van der Waals surface area (Å²) in [5.74, 6) is 1.26. The molecule has 0 saturated carbocycles. The first-order valence-corrected chi connectivity index (χ1v) is 7.26. The molecule has 8 heteroatoms. The number of nitrogens with one attached hydrogen (secondary N) is 1. The molecule has 8 nitrogen and oxygen atoms in total. The zero-order valence-electron chi connectivity index (χ0n) is 12.3. The Morgan fingerprint density at radius 1 is 1.26 bits per heavy atom. The molecule has 1 saturated heterocycles. The summed E-state index contributed by atoms with van der Waals surface area (Å²) in [6.07, 6.45) is 6.43. The first-order chi connectivity index (χ1) is 11.2. The monoisotopic (exact) mass is 309 g/mol. The average molecular weight is 309 g/mol. The number of aromatic amines is 1. The van der Waals surface area contributed by atoms with E-state index in [9.17, 15) is 4.79 Å². The Morgan fingerprint density at radius 3 is 2.83 bits per heavy atom. The summed E-state index contributed by atoms with van der Waals surface area (Å²) in [4.78, 5) is 27.1. The van der Waals surface area contributed by atoms with Crippen LogP contribution in [0.2, 0.25) is 0 Å². The summed E-state index contributed by atoms with van der Waals surface area (Å²) in [5, 5.41) is 2.94. The van der Waals surface area contributed by atoms with Gasteiger partial charge in [-0.1, -0.05) is 6.07 Å². The maximum atomic E-state index is 12.6. The third kappa shape index (κ3) is 2.38. The van der Waals surface area contributed by atoms with Crippen molar-refractivity contribution < 1.29 is 0 Å². The van der Waals surface area contributed by atoms with Gasteiger partial charge in [-0.2, -0.15) is 0 Å². The van der Waals surface area contributed by atoms with Crippen molar-refractivity contribution in [2.75, 3.05) is 18.0 Å². The van der Waals surface area contributed by atoms with E-state index >= 15 is 0 Å². The summed E-state index contributed by atoms with van der Waals surface area (Å²) >= 11 is 0. The van der Waals surface area contributed by atoms with Crippen molar-refractivity contribution in [1.29, 1.82) is 0 Å². The molecule has 3 aromatic heterocycles. The molecule has 4 rings (SSSR count). The molecule has 1 aliphatic rings. The molecule has 0 aliphatic carbocycles. The predicted molar refractivity (Wildman–Crippen MR) is 85.4 cm³/mol. The molecule has 3 N–H and O–H groups in total. The minimum Gasteiger partial charge on any atom is -0.353 e. The molecule has 0 amide bonds. The van der Waals surface area contributed by atoms with Gasteiger partial charge in [-0.05, 0) is 6.07 Å². The van der Waals surface area contributed by atoms with Crippen molar-refractivity contribution in [2.45, 2.75) is 6.04 Å². The summed E-state index contributed by atoms with van der Waals surface area (Å²) in [5.41, 5.74) is 6.92. The van der Waals surface area contributed by atoms with Crippen molar-refractivity contribution >= 4 is 5.82 Å². The number of rotatable bonds is 3. The largest absolute Gasteiger partial charge is 0.353 e. The van der Waals surface area contributed by atoms with Crippen LogP contribution < -0.4 is 16.2 Å². The predicted octanol–water partition coefficient (Wildman–Crippen LogP) is 0.165. The quantitative estimate of drug-likeness (QED) is 0.714. The third-order valence-electron chi connectivity index (χ3n) is 3.85. The molecule has 4 heterocycles. The van der Waals surface area contributed by atoms with Gasteiger partial charge in [-0.25, -0.2) is 14.6 Å². The number of aromatic nitrogens is 5. The van der Waals surface area contributed by atoms with Crippen LogP contribution in [0.5, 0.6) is 0 Å². The fourth-order valence-electron chi connectivity index (χ4n) is 2.60. The first kappa shape index (κ1) is 13.6. The lowest BCUT2D eigenvalue weighted by Gasteiger charge is -2.37. The lowest BCUT2D eigenvalue weighted by molar-refractivity contribution is 0.514. The van der Waals surface area contributed by atoms with Crippen molar-refractivity contribution in [3.05, 3.63) is 53.5 Å².